The van der Waals surface area contributed by atoms with Gasteiger partial charge in [0, 0.05) is 42.4 Å². The van der Waals surface area contributed by atoms with Gasteiger partial charge in [0.05, 0.1) is 26.3 Å². The molecular formula is C29H33N3O5. The van der Waals surface area contributed by atoms with Gasteiger partial charge in [0.2, 0.25) is 5.88 Å². The number of benzene rings is 2. The summed E-state index contributed by atoms with van der Waals surface area (Å²) in [4.78, 5) is 34.5. The number of ether oxygens (including phenoxy) is 2. The summed E-state index contributed by atoms with van der Waals surface area (Å²) in [7, 11) is 3.33. The van der Waals surface area contributed by atoms with Crippen molar-refractivity contribution in [3.05, 3.63) is 78.0 Å². The lowest BCUT2D eigenvalue weighted by Gasteiger charge is -2.37. The van der Waals surface area contributed by atoms with Crippen molar-refractivity contribution in [1.29, 1.82) is 0 Å². The van der Waals surface area contributed by atoms with Gasteiger partial charge in [0.1, 0.15) is 17.4 Å². The number of nitrogens with zero attached hydrogens (tertiary/aromatic N) is 3. The van der Waals surface area contributed by atoms with E-state index in [0.717, 1.165) is 5.56 Å². The molecule has 4 rings (SSSR count). The first-order chi connectivity index (χ1) is 17.8. The van der Waals surface area contributed by atoms with E-state index in [1.165, 1.54) is 0 Å². The number of aliphatic hydroxyl groups is 1. The Hall–Kier alpha value is -3.91. The summed E-state index contributed by atoms with van der Waals surface area (Å²) >= 11 is 0. The summed E-state index contributed by atoms with van der Waals surface area (Å²) in [6.45, 7) is 4.27. The first-order valence-electron chi connectivity index (χ1n) is 12.4. The van der Waals surface area contributed by atoms with E-state index >= 15 is 0 Å². The van der Waals surface area contributed by atoms with Crippen LogP contribution in [-0.2, 0) is 0 Å². The number of hydrogen-bond donors (Lipinski definition) is 1. The van der Waals surface area contributed by atoms with Crippen LogP contribution in [-0.4, -0.2) is 77.7 Å². The molecule has 0 saturated heterocycles. The van der Waals surface area contributed by atoms with Gasteiger partial charge >= 0.3 is 0 Å². The van der Waals surface area contributed by atoms with Crippen LogP contribution in [0.2, 0.25) is 0 Å². The maximum atomic E-state index is 13.7. The number of pyridine rings is 1. The topological polar surface area (TPSA) is 92.2 Å². The second kappa shape index (κ2) is 11.4. The summed E-state index contributed by atoms with van der Waals surface area (Å²) in [5.74, 6) is 0.356. The number of methoxy groups -OCH3 is 1. The van der Waals surface area contributed by atoms with Crippen LogP contribution in [0.4, 0.5) is 0 Å². The van der Waals surface area contributed by atoms with Crippen molar-refractivity contribution in [2.75, 3.05) is 33.9 Å². The van der Waals surface area contributed by atoms with Gasteiger partial charge in [-0.2, -0.15) is 0 Å². The SMILES string of the molecule is COc1ccccc1-c1cnc2c(c1)C(=O)N([C@@H](C)CO)C[C@H](C)[C@H](CN(C)C(=O)c1ccccc1)O2. The Kier molecular flexibility index (Phi) is 8.08. The largest absolute Gasteiger partial charge is 0.496 e. The van der Waals surface area contributed by atoms with Gasteiger partial charge in [-0.25, -0.2) is 4.98 Å². The molecule has 2 heterocycles. The summed E-state index contributed by atoms with van der Waals surface area (Å²) in [6, 6.07) is 18.0. The lowest BCUT2D eigenvalue weighted by molar-refractivity contribution is 0.0313. The normalized spacial score (nSPS) is 18.2. The molecule has 3 atom stereocenters. The van der Waals surface area contributed by atoms with Crippen LogP contribution in [0.3, 0.4) is 0 Å². The van der Waals surface area contributed by atoms with Crippen LogP contribution < -0.4 is 9.47 Å². The molecule has 0 saturated carbocycles. The van der Waals surface area contributed by atoms with Gasteiger partial charge in [0.15, 0.2) is 0 Å². The molecule has 37 heavy (non-hydrogen) atoms. The first kappa shape index (κ1) is 26.2. The van der Waals surface area contributed by atoms with E-state index in [9.17, 15) is 14.7 Å². The minimum atomic E-state index is -0.428. The van der Waals surface area contributed by atoms with Crippen LogP contribution in [0, 0.1) is 5.92 Å². The summed E-state index contributed by atoms with van der Waals surface area (Å²) in [6.07, 6.45) is 1.23. The zero-order valence-corrected chi connectivity index (χ0v) is 21.6. The van der Waals surface area contributed by atoms with E-state index in [1.54, 1.807) is 48.4 Å². The van der Waals surface area contributed by atoms with Gasteiger partial charge in [0.25, 0.3) is 11.8 Å². The Bertz CT molecular complexity index is 1250. The van der Waals surface area contributed by atoms with E-state index in [1.807, 2.05) is 56.3 Å². The molecule has 1 aliphatic heterocycles. The number of carbonyl (C=O) groups is 2. The Morgan fingerprint density at radius 2 is 1.89 bits per heavy atom. The van der Waals surface area contributed by atoms with Crippen LogP contribution in [0.25, 0.3) is 11.1 Å². The molecule has 8 heteroatoms. The molecule has 0 fully saturated rings. The van der Waals surface area contributed by atoms with Crippen LogP contribution in [0.15, 0.2) is 66.9 Å². The van der Waals surface area contributed by atoms with Crippen molar-refractivity contribution in [3.63, 3.8) is 0 Å². The van der Waals surface area contributed by atoms with E-state index in [-0.39, 0.29) is 30.2 Å². The number of aromatic nitrogens is 1. The number of para-hydroxylation sites is 1. The number of carbonyl (C=O) groups excluding carboxylic acids is 2. The van der Waals surface area contributed by atoms with Crippen LogP contribution in [0.5, 0.6) is 11.6 Å². The van der Waals surface area contributed by atoms with Gasteiger partial charge in [-0.3, -0.25) is 9.59 Å². The fourth-order valence-corrected chi connectivity index (χ4v) is 4.50. The molecule has 0 aliphatic carbocycles. The summed E-state index contributed by atoms with van der Waals surface area (Å²) < 4.78 is 11.8. The molecule has 0 unspecified atom stereocenters. The minimum absolute atomic E-state index is 0.116. The molecule has 194 valence electrons. The molecule has 1 aromatic heterocycles. The molecule has 3 aromatic rings. The first-order valence-corrected chi connectivity index (χ1v) is 12.4. The zero-order chi connectivity index (χ0) is 26.5. The van der Waals surface area contributed by atoms with Crippen molar-refractivity contribution in [2.24, 2.45) is 5.92 Å². The minimum Gasteiger partial charge on any atom is -0.496 e. The zero-order valence-electron chi connectivity index (χ0n) is 21.6. The van der Waals surface area contributed by atoms with Gasteiger partial charge < -0.3 is 24.4 Å². The van der Waals surface area contributed by atoms with E-state index < -0.39 is 12.1 Å². The highest BCUT2D eigenvalue weighted by Crippen LogP contribution is 2.34. The van der Waals surface area contributed by atoms with Crippen molar-refractivity contribution in [1.82, 2.24) is 14.8 Å². The number of aliphatic hydroxyl groups excluding tert-OH is 1. The Labute approximate surface area is 217 Å². The highest BCUT2D eigenvalue weighted by Gasteiger charge is 2.35. The predicted octanol–water partition coefficient (Wildman–Crippen LogP) is 3.75. The predicted molar refractivity (Wildman–Crippen MR) is 141 cm³/mol. The third-order valence-electron chi connectivity index (χ3n) is 6.76. The van der Waals surface area contributed by atoms with Crippen molar-refractivity contribution in [3.8, 4) is 22.8 Å². The van der Waals surface area contributed by atoms with E-state index in [4.69, 9.17) is 9.47 Å². The van der Waals surface area contributed by atoms with Gasteiger partial charge in [-0.15, -0.1) is 0 Å². The molecule has 1 N–H and O–H groups in total. The molecule has 0 spiro atoms. The highest BCUT2D eigenvalue weighted by atomic mass is 16.5. The van der Waals surface area contributed by atoms with Crippen molar-refractivity contribution in [2.45, 2.75) is 26.0 Å². The quantitative estimate of drug-likeness (QED) is 0.528. The third-order valence-corrected chi connectivity index (χ3v) is 6.76. The molecular weight excluding hydrogens is 470 g/mol. The molecule has 2 aromatic carbocycles. The molecule has 1 aliphatic rings. The molecule has 0 bridgehead atoms. The van der Waals surface area contributed by atoms with E-state index in [2.05, 4.69) is 4.98 Å². The maximum absolute atomic E-state index is 13.7. The standard InChI is InChI=1S/C29H33N3O5/c1-19-16-32(20(2)18-33)29(35)24-14-22(23-12-8-9-13-25(23)36-4)15-30-27(24)37-26(19)17-31(3)28(34)21-10-6-5-7-11-21/h5-15,19-20,26,33H,16-18H2,1-4H3/t19-,20-,26-/m0/s1. The van der Waals surface area contributed by atoms with Crippen molar-refractivity contribution >= 4 is 11.8 Å². The molecule has 0 radical (unpaired) electrons. The average molecular weight is 504 g/mol. The lowest BCUT2D eigenvalue weighted by atomic mass is 9.98. The Balaban J connectivity index is 1.71. The number of hydrogen-bond acceptors (Lipinski definition) is 6. The summed E-state index contributed by atoms with van der Waals surface area (Å²) in [5, 5.41) is 9.90. The van der Waals surface area contributed by atoms with Crippen molar-refractivity contribution < 1.29 is 24.2 Å². The maximum Gasteiger partial charge on any atom is 0.259 e. The molecule has 8 nitrogen and oxygen atoms in total. The van der Waals surface area contributed by atoms with Gasteiger partial charge in [-0.05, 0) is 31.2 Å². The summed E-state index contributed by atoms with van der Waals surface area (Å²) in [5.41, 5.74) is 2.41. The van der Waals surface area contributed by atoms with Crippen LogP contribution in [0.1, 0.15) is 34.6 Å². The van der Waals surface area contributed by atoms with Gasteiger partial charge in [-0.1, -0.05) is 43.3 Å². The monoisotopic (exact) mass is 503 g/mol. The smallest absolute Gasteiger partial charge is 0.259 e. The van der Waals surface area contributed by atoms with Crippen LogP contribution >= 0.6 is 0 Å². The van der Waals surface area contributed by atoms with E-state index in [0.29, 0.717) is 35.5 Å². The Morgan fingerprint density at radius 3 is 2.59 bits per heavy atom. The second-order valence-electron chi connectivity index (χ2n) is 9.45. The number of fused-ring (bicyclic) bond motifs is 1. The third kappa shape index (κ3) is 5.59. The fraction of sp³-hybridized carbons (Fsp3) is 0.345. The number of likely N-dealkylation sites (N-methyl/N-ethyl adjacent to an activating group) is 1. The molecule has 2 amide bonds. The second-order valence-corrected chi connectivity index (χ2v) is 9.45. The fourth-order valence-electron chi connectivity index (χ4n) is 4.50. The lowest BCUT2D eigenvalue weighted by Crippen LogP contribution is -2.50. The number of rotatable bonds is 7. The average Bonchev–Trinajstić information content (AvgIpc) is 2.94. The highest BCUT2D eigenvalue weighted by molar-refractivity contribution is 5.98. The number of amides is 2. The Morgan fingerprint density at radius 1 is 1.19 bits per heavy atom.